The van der Waals surface area contributed by atoms with Gasteiger partial charge in [0.2, 0.25) is 5.78 Å². The van der Waals surface area contributed by atoms with Crippen molar-refractivity contribution in [2.24, 2.45) is 0 Å². The summed E-state index contributed by atoms with van der Waals surface area (Å²) in [6.45, 7) is 5.58. The maximum atomic E-state index is 11.7. The molecule has 80 valence electrons. The van der Waals surface area contributed by atoms with Crippen LogP contribution < -0.4 is 11.3 Å². The number of aryl methyl sites for hydroxylation is 1. The van der Waals surface area contributed by atoms with Gasteiger partial charge in [-0.2, -0.15) is 9.50 Å². The van der Waals surface area contributed by atoms with E-state index in [1.165, 1.54) is 4.52 Å². The molecule has 3 N–H and O–H groups in total. The van der Waals surface area contributed by atoms with E-state index in [4.69, 9.17) is 5.73 Å². The third-order valence-corrected chi connectivity index (χ3v) is 2.26. The van der Waals surface area contributed by atoms with Gasteiger partial charge in [-0.1, -0.05) is 13.8 Å². The second-order valence-electron chi connectivity index (χ2n) is 3.80. The molecule has 6 heteroatoms. The van der Waals surface area contributed by atoms with Gasteiger partial charge < -0.3 is 5.73 Å². The Morgan fingerprint density at radius 1 is 1.47 bits per heavy atom. The number of anilines is 1. The Kier molecular flexibility index (Phi) is 1.99. The van der Waals surface area contributed by atoms with Gasteiger partial charge in [-0.15, -0.1) is 5.10 Å². The maximum absolute atomic E-state index is 11.7. The molecule has 0 aliphatic carbocycles. The summed E-state index contributed by atoms with van der Waals surface area (Å²) >= 11 is 0. The van der Waals surface area contributed by atoms with E-state index in [-0.39, 0.29) is 11.5 Å². The number of H-pyrrole nitrogens is 1. The van der Waals surface area contributed by atoms with E-state index >= 15 is 0 Å². The van der Waals surface area contributed by atoms with Crippen LogP contribution in [0.3, 0.4) is 0 Å². The molecule has 0 aliphatic heterocycles. The molecule has 2 heterocycles. The molecule has 2 aromatic rings. The van der Waals surface area contributed by atoms with Crippen molar-refractivity contribution in [3.8, 4) is 0 Å². The molecule has 15 heavy (non-hydrogen) atoms. The zero-order chi connectivity index (χ0) is 11.2. The summed E-state index contributed by atoms with van der Waals surface area (Å²) in [6, 6.07) is 0. The largest absolute Gasteiger partial charge is 0.383 e. The first kappa shape index (κ1) is 9.70. The van der Waals surface area contributed by atoms with Gasteiger partial charge in [0.25, 0.3) is 5.56 Å². The van der Waals surface area contributed by atoms with Crippen LogP contribution in [0.25, 0.3) is 5.78 Å². The van der Waals surface area contributed by atoms with E-state index < -0.39 is 0 Å². The molecule has 2 rings (SSSR count). The van der Waals surface area contributed by atoms with E-state index in [9.17, 15) is 4.79 Å². The van der Waals surface area contributed by atoms with Gasteiger partial charge in [-0.25, -0.2) is 0 Å². The summed E-state index contributed by atoms with van der Waals surface area (Å²) in [4.78, 5) is 18.4. The molecular weight excluding hydrogens is 194 g/mol. The van der Waals surface area contributed by atoms with Crippen LogP contribution in [-0.4, -0.2) is 19.6 Å². The molecule has 6 nitrogen and oxygen atoms in total. The molecule has 0 spiro atoms. The minimum Gasteiger partial charge on any atom is -0.383 e. The van der Waals surface area contributed by atoms with Crippen LogP contribution in [0.5, 0.6) is 0 Å². The van der Waals surface area contributed by atoms with Crippen LogP contribution in [0.1, 0.15) is 31.2 Å². The molecule has 0 aliphatic rings. The number of hydrogen-bond donors (Lipinski definition) is 2. The van der Waals surface area contributed by atoms with Gasteiger partial charge in [0.15, 0.2) is 0 Å². The summed E-state index contributed by atoms with van der Waals surface area (Å²) in [6.07, 6.45) is 0. The van der Waals surface area contributed by atoms with Crippen molar-refractivity contribution >= 4 is 11.6 Å². The molecule has 0 atom stereocenters. The van der Waals surface area contributed by atoms with E-state index in [0.717, 1.165) is 0 Å². The highest BCUT2D eigenvalue weighted by atomic mass is 16.1. The monoisotopic (exact) mass is 207 g/mol. The summed E-state index contributed by atoms with van der Waals surface area (Å²) in [5.41, 5.74) is 6.23. The van der Waals surface area contributed by atoms with E-state index in [1.54, 1.807) is 6.92 Å². The molecule has 0 unspecified atom stereocenters. The Hall–Kier alpha value is -1.85. The Labute approximate surface area is 86.1 Å². The van der Waals surface area contributed by atoms with Crippen LogP contribution in [0, 0.1) is 6.92 Å². The fraction of sp³-hybridized carbons (Fsp3) is 0.444. The SMILES string of the molecule is Cc1nc2[nH]c(=O)c(C(C)C)c(N)n2n1. The van der Waals surface area contributed by atoms with Gasteiger partial charge in [-0.05, 0) is 12.8 Å². The lowest BCUT2D eigenvalue weighted by Crippen LogP contribution is -2.20. The number of hydrogen-bond acceptors (Lipinski definition) is 4. The molecule has 0 saturated carbocycles. The zero-order valence-electron chi connectivity index (χ0n) is 8.90. The van der Waals surface area contributed by atoms with Crippen molar-refractivity contribution in [1.29, 1.82) is 0 Å². The number of rotatable bonds is 1. The number of nitrogens with two attached hydrogens (primary N) is 1. The Balaban J connectivity index is 2.89. The van der Waals surface area contributed by atoms with E-state index in [2.05, 4.69) is 15.1 Å². The summed E-state index contributed by atoms with van der Waals surface area (Å²) in [5, 5.41) is 4.11. The molecule has 0 radical (unpaired) electrons. The van der Waals surface area contributed by atoms with Gasteiger partial charge in [0, 0.05) is 0 Å². The average Bonchev–Trinajstić information content (AvgIpc) is 2.45. The Morgan fingerprint density at radius 3 is 2.73 bits per heavy atom. The standard InChI is InChI=1S/C9H13N5O/c1-4(2)6-7(10)14-9(12-8(6)15)11-5(3)13-14/h4H,10H2,1-3H3,(H,11,12,13,15). The second-order valence-corrected chi connectivity index (χ2v) is 3.80. The third-order valence-electron chi connectivity index (χ3n) is 2.26. The number of aromatic nitrogens is 4. The summed E-state index contributed by atoms with van der Waals surface area (Å²) < 4.78 is 1.46. The van der Waals surface area contributed by atoms with Gasteiger partial charge in [0.05, 0.1) is 5.56 Å². The van der Waals surface area contributed by atoms with E-state index in [0.29, 0.717) is 23.0 Å². The van der Waals surface area contributed by atoms with Crippen molar-refractivity contribution in [2.75, 3.05) is 5.73 Å². The number of fused-ring (bicyclic) bond motifs is 1. The van der Waals surface area contributed by atoms with Crippen molar-refractivity contribution < 1.29 is 0 Å². The van der Waals surface area contributed by atoms with Crippen molar-refractivity contribution in [1.82, 2.24) is 19.6 Å². The molecule has 0 amide bonds. The number of aromatic amines is 1. The van der Waals surface area contributed by atoms with Crippen molar-refractivity contribution in [3.05, 3.63) is 21.7 Å². The van der Waals surface area contributed by atoms with Crippen LogP contribution in [0.4, 0.5) is 5.82 Å². The number of nitrogens with one attached hydrogen (secondary N) is 1. The molecular formula is C9H13N5O. The van der Waals surface area contributed by atoms with Crippen molar-refractivity contribution in [2.45, 2.75) is 26.7 Å². The first-order chi connectivity index (χ1) is 7.00. The van der Waals surface area contributed by atoms with Gasteiger partial charge >= 0.3 is 0 Å². The van der Waals surface area contributed by atoms with Crippen LogP contribution in [-0.2, 0) is 0 Å². The second kappa shape index (κ2) is 3.08. The lowest BCUT2D eigenvalue weighted by atomic mass is 10.1. The predicted molar refractivity (Wildman–Crippen MR) is 56.8 cm³/mol. The predicted octanol–water partition coefficient (Wildman–Crippen LogP) is 0.432. The topological polar surface area (TPSA) is 89.1 Å². The van der Waals surface area contributed by atoms with Gasteiger partial charge in [0.1, 0.15) is 11.6 Å². The maximum Gasteiger partial charge on any atom is 0.257 e. The Morgan fingerprint density at radius 2 is 2.13 bits per heavy atom. The fourth-order valence-corrected chi connectivity index (χ4v) is 1.62. The first-order valence-corrected chi connectivity index (χ1v) is 4.75. The van der Waals surface area contributed by atoms with E-state index in [1.807, 2.05) is 13.8 Å². The smallest absolute Gasteiger partial charge is 0.257 e. The quantitative estimate of drug-likeness (QED) is 0.709. The highest BCUT2D eigenvalue weighted by Gasteiger charge is 2.14. The first-order valence-electron chi connectivity index (χ1n) is 4.75. The summed E-state index contributed by atoms with van der Waals surface area (Å²) in [5.74, 6) is 1.39. The number of nitrogen functional groups attached to an aromatic ring is 1. The fourth-order valence-electron chi connectivity index (χ4n) is 1.62. The highest BCUT2D eigenvalue weighted by Crippen LogP contribution is 2.16. The molecule has 0 bridgehead atoms. The normalized spacial score (nSPS) is 11.5. The van der Waals surface area contributed by atoms with Crippen LogP contribution >= 0.6 is 0 Å². The zero-order valence-corrected chi connectivity index (χ0v) is 8.90. The minimum absolute atomic E-state index is 0.0580. The lowest BCUT2D eigenvalue weighted by Gasteiger charge is -2.08. The third kappa shape index (κ3) is 1.38. The van der Waals surface area contributed by atoms with Crippen LogP contribution in [0.15, 0.2) is 4.79 Å². The molecule has 0 fully saturated rings. The average molecular weight is 207 g/mol. The molecule has 2 aromatic heterocycles. The molecule has 0 saturated heterocycles. The lowest BCUT2D eigenvalue weighted by molar-refractivity contribution is 0.813. The van der Waals surface area contributed by atoms with Gasteiger partial charge in [-0.3, -0.25) is 9.78 Å². The summed E-state index contributed by atoms with van der Waals surface area (Å²) in [7, 11) is 0. The van der Waals surface area contributed by atoms with Crippen molar-refractivity contribution in [3.63, 3.8) is 0 Å². The highest BCUT2D eigenvalue weighted by molar-refractivity contribution is 5.47. The molecule has 0 aromatic carbocycles. The van der Waals surface area contributed by atoms with Crippen LogP contribution in [0.2, 0.25) is 0 Å². The minimum atomic E-state index is -0.192. The Bertz CT molecular complexity index is 566. The number of nitrogens with zero attached hydrogens (tertiary/aromatic N) is 3.